The summed E-state index contributed by atoms with van der Waals surface area (Å²) in [6, 6.07) is 6.60. The third-order valence-electron chi connectivity index (χ3n) is 2.71. The number of anilines is 1. The molecule has 2 amide bonds. The number of nitrogens with one attached hydrogen (secondary N) is 2. The predicted molar refractivity (Wildman–Crippen MR) is 90.8 cm³/mol. The van der Waals surface area contributed by atoms with E-state index < -0.39 is 17.7 Å². The molecule has 6 heteroatoms. The van der Waals surface area contributed by atoms with Gasteiger partial charge in [0.1, 0.15) is 11.6 Å². The van der Waals surface area contributed by atoms with Gasteiger partial charge in [0.25, 0.3) is 0 Å². The third-order valence-corrected chi connectivity index (χ3v) is 3.21. The van der Waals surface area contributed by atoms with Crippen molar-refractivity contribution in [3.05, 3.63) is 28.7 Å². The van der Waals surface area contributed by atoms with Crippen LogP contribution >= 0.6 is 15.9 Å². The summed E-state index contributed by atoms with van der Waals surface area (Å²) in [5.41, 5.74) is 0.0582. The molecule has 0 radical (unpaired) electrons. The Morgan fingerprint density at radius 3 is 2.36 bits per heavy atom. The van der Waals surface area contributed by atoms with Crippen molar-refractivity contribution in [1.82, 2.24) is 5.32 Å². The normalized spacial score (nSPS) is 12.7. The fraction of sp³-hybridized carbons (Fsp3) is 0.500. The van der Waals surface area contributed by atoms with Crippen LogP contribution in [0.4, 0.5) is 10.5 Å². The molecule has 22 heavy (non-hydrogen) atoms. The van der Waals surface area contributed by atoms with E-state index in [9.17, 15) is 9.59 Å². The summed E-state index contributed by atoms with van der Waals surface area (Å²) in [4.78, 5) is 24.2. The summed E-state index contributed by atoms with van der Waals surface area (Å²) < 4.78 is 6.07. The van der Waals surface area contributed by atoms with Crippen molar-refractivity contribution in [2.24, 2.45) is 5.92 Å². The minimum absolute atomic E-state index is 0.0697. The smallest absolute Gasteiger partial charge is 0.408 e. The van der Waals surface area contributed by atoms with Crippen LogP contribution in [-0.4, -0.2) is 23.6 Å². The van der Waals surface area contributed by atoms with E-state index in [0.717, 1.165) is 4.47 Å². The first-order chi connectivity index (χ1) is 10.1. The Balaban J connectivity index is 2.74. The van der Waals surface area contributed by atoms with E-state index in [4.69, 9.17) is 4.74 Å². The molecule has 1 atom stereocenters. The SMILES string of the molecule is CC(C)[C@H](NC(=O)OC(C)(C)C)C(=O)Nc1cccc(Br)c1. The summed E-state index contributed by atoms with van der Waals surface area (Å²) >= 11 is 3.35. The van der Waals surface area contributed by atoms with E-state index in [0.29, 0.717) is 5.69 Å². The number of ether oxygens (including phenoxy) is 1. The van der Waals surface area contributed by atoms with Gasteiger partial charge >= 0.3 is 6.09 Å². The Labute approximate surface area is 139 Å². The molecule has 0 saturated heterocycles. The van der Waals surface area contributed by atoms with Gasteiger partial charge in [0, 0.05) is 10.2 Å². The number of rotatable bonds is 4. The minimum Gasteiger partial charge on any atom is -0.444 e. The second-order valence-corrected chi connectivity index (χ2v) is 7.28. The molecule has 0 aromatic heterocycles. The number of hydrogen-bond donors (Lipinski definition) is 2. The van der Waals surface area contributed by atoms with Crippen molar-refractivity contribution in [3.63, 3.8) is 0 Å². The molecule has 5 nitrogen and oxygen atoms in total. The van der Waals surface area contributed by atoms with E-state index in [1.165, 1.54) is 0 Å². The highest BCUT2D eigenvalue weighted by atomic mass is 79.9. The Bertz CT molecular complexity index is 538. The molecule has 0 saturated carbocycles. The van der Waals surface area contributed by atoms with Gasteiger partial charge in [-0.05, 0) is 44.9 Å². The number of alkyl carbamates (subject to hydrolysis) is 1. The van der Waals surface area contributed by atoms with Crippen LogP contribution in [0.2, 0.25) is 0 Å². The highest BCUT2D eigenvalue weighted by Gasteiger charge is 2.26. The second kappa shape index (κ2) is 7.63. The molecule has 0 bridgehead atoms. The van der Waals surface area contributed by atoms with Crippen LogP contribution in [0.5, 0.6) is 0 Å². The Morgan fingerprint density at radius 1 is 1.23 bits per heavy atom. The first kappa shape index (κ1) is 18.5. The number of halogens is 1. The van der Waals surface area contributed by atoms with Gasteiger partial charge in [0.2, 0.25) is 5.91 Å². The Hall–Kier alpha value is -1.56. The number of carbonyl (C=O) groups excluding carboxylic acids is 2. The van der Waals surface area contributed by atoms with E-state index in [1.54, 1.807) is 32.9 Å². The number of amides is 2. The maximum absolute atomic E-state index is 12.4. The van der Waals surface area contributed by atoms with Gasteiger partial charge in [0.15, 0.2) is 0 Å². The molecular formula is C16H23BrN2O3. The predicted octanol–water partition coefficient (Wildman–Crippen LogP) is 3.94. The first-order valence-electron chi connectivity index (χ1n) is 7.14. The first-order valence-corrected chi connectivity index (χ1v) is 7.94. The van der Waals surface area contributed by atoms with Gasteiger partial charge in [-0.1, -0.05) is 35.8 Å². The van der Waals surface area contributed by atoms with Crippen molar-refractivity contribution >= 4 is 33.6 Å². The minimum atomic E-state index is -0.672. The summed E-state index contributed by atoms with van der Waals surface area (Å²) in [6.07, 6.45) is -0.601. The van der Waals surface area contributed by atoms with Crippen molar-refractivity contribution in [3.8, 4) is 0 Å². The Kier molecular flexibility index (Phi) is 6.41. The van der Waals surface area contributed by atoms with Crippen LogP contribution in [0.1, 0.15) is 34.6 Å². The van der Waals surface area contributed by atoms with E-state index in [-0.39, 0.29) is 11.8 Å². The van der Waals surface area contributed by atoms with Crippen molar-refractivity contribution in [2.45, 2.75) is 46.3 Å². The third kappa shape index (κ3) is 6.47. The molecule has 0 heterocycles. The average molecular weight is 371 g/mol. The monoisotopic (exact) mass is 370 g/mol. The van der Waals surface area contributed by atoms with Crippen LogP contribution in [-0.2, 0) is 9.53 Å². The van der Waals surface area contributed by atoms with E-state index in [2.05, 4.69) is 26.6 Å². The zero-order valence-electron chi connectivity index (χ0n) is 13.6. The Morgan fingerprint density at radius 2 is 1.86 bits per heavy atom. The van der Waals surface area contributed by atoms with Gasteiger partial charge < -0.3 is 15.4 Å². The summed E-state index contributed by atoms with van der Waals surface area (Å²) in [7, 11) is 0. The molecule has 122 valence electrons. The van der Waals surface area contributed by atoms with Crippen molar-refractivity contribution in [2.75, 3.05) is 5.32 Å². The molecule has 0 aliphatic rings. The fourth-order valence-electron chi connectivity index (χ4n) is 1.76. The van der Waals surface area contributed by atoms with Gasteiger partial charge in [-0.15, -0.1) is 0 Å². The van der Waals surface area contributed by atoms with Gasteiger partial charge in [-0.25, -0.2) is 4.79 Å². The molecule has 2 N–H and O–H groups in total. The molecule has 1 aromatic carbocycles. The maximum atomic E-state index is 12.4. The molecular weight excluding hydrogens is 348 g/mol. The zero-order chi connectivity index (χ0) is 16.9. The van der Waals surface area contributed by atoms with Crippen molar-refractivity contribution in [1.29, 1.82) is 0 Å². The molecule has 0 aliphatic carbocycles. The van der Waals surface area contributed by atoms with Crippen LogP contribution in [0.15, 0.2) is 28.7 Å². The van der Waals surface area contributed by atoms with Crippen LogP contribution in [0.3, 0.4) is 0 Å². The molecule has 0 spiro atoms. The largest absolute Gasteiger partial charge is 0.444 e. The van der Waals surface area contributed by atoms with E-state index >= 15 is 0 Å². The number of carbonyl (C=O) groups is 2. The molecule has 0 aliphatic heterocycles. The lowest BCUT2D eigenvalue weighted by molar-refractivity contribution is -0.119. The van der Waals surface area contributed by atoms with Gasteiger partial charge in [-0.3, -0.25) is 4.79 Å². The van der Waals surface area contributed by atoms with Crippen LogP contribution in [0.25, 0.3) is 0 Å². The van der Waals surface area contributed by atoms with Gasteiger partial charge in [0.05, 0.1) is 0 Å². The summed E-state index contributed by atoms with van der Waals surface area (Å²) in [5.74, 6) is -0.348. The maximum Gasteiger partial charge on any atom is 0.408 e. The molecule has 0 unspecified atom stereocenters. The highest BCUT2D eigenvalue weighted by molar-refractivity contribution is 9.10. The summed E-state index contributed by atoms with van der Waals surface area (Å²) in [5, 5.41) is 5.42. The van der Waals surface area contributed by atoms with Crippen molar-refractivity contribution < 1.29 is 14.3 Å². The highest BCUT2D eigenvalue weighted by Crippen LogP contribution is 2.17. The topological polar surface area (TPSA) is 67.4 Å². The lowest BCUT2D eigenvalue weighted by Gasteiger charge is -2.25. The number of hydrogen-bond acceptors (Lipinski definition) is 3. The second-order valence-electron chi connectivity index (χ2n) is 6.37. The van der Waals surface area contributed by atoms with Crippen LogP contribution < -0.4 is 10.6 Å². The quantitative estimate of drug-likeness (QED) is 0.843. The fourth-order valence-corrected chi connectivity index (χ4v) is 2.15. The van der Waals surface area contributed by atoms with Crippen LogP contribution in [0, 0.1) is 5.92 Å². The molecule has 0 fully saturated rings. The van der Waals surface area contributed by atoms with E-state index in [1.807, 2.05) is 26.0 Å². The average Bonchev–Trinajstić information content (AvgIpc) is 2.33. The summed E-state index contributed by atoms with van der Waals surface area (Å²) in [6.45, 7) is 9.06. The zero-order valence-corrected chi connectivity index (χ0v) is 15.2. The number of benzene rings is 1. The standard InChI is InChI=1S/C16H23BrN2O3/c1-10(2)13(19-15(21)22-16(3,4)5)14(20)18-12-8-6-7-11(17)9-12/h6-10,13H,1-5H3,(H,18,20)(H,19,21)/t13-/m0/s1. The lowest BCUT2D eigenvalue weighted by Crippen LogP contribution is -2.48. The van der Waals surface area contributed by atoms with Gasteiger partial charge in [-0.2, -0.15) is 0 Å². The molecule has 1 aromatic rings. The molecule has 1 rings (SSSR count). The lowest BCUT2D eigenvalue weighted by atomic mass is 10.0.